The molecule has 4 nitrogen and oxygen atoms in total. The molecule has 0 bridgehead atoms. The van der Waals surface area contributed by atoms with Crippen molar-refractivity contribution in [2.24, 2.45) is 5.73 Å². The Bertz CT molecular complexity index is 366. The van der Waals surface area contributed by atoms with E-state index in [2.05, 4.69) is 0 Å². The minimum atomic E-state index is -0.634. The van der Waals surface area contributed by atoms with Crippen molar-refractivity contribution in [3.8, 4) is 5.75 Å². The number of para-hydroxylation sites is 1. The van der Waals surface area contributed by atoms with E-state index in [-0.39, 0.29) is 19.3 Å². The molecule has 4 N–H and O–H groups in total. The Kier molecular flexibility index (Phi) is 5.59. The van der Waals surface area contributed by atoms with Crippen LogP contribution in [-0.2, 0) is 6.42 Å². The normalized spacial score (nSPS) is 16.1. The third kappa shape index (κ3) is 4.64. The molecule has 0 amide bonds. The Labute approximate surface area is 108 Å². The number of aliphatic hydroxyl groups excluding tert-OH is 2. The van der Waals surface area contributed by atoms with E-state index in [0.717, 1.165) is 11.3 Å². The van der Waals surface area contributed by atoms with Gasteiger partial charge in [-0.25, -0.2) is 0 Å². The van der Waals surface area contributed by atoms with Crippen LogP contribution in [0.5, 0.6) is 5.75 Å². The highest BCUT2D eigenvalue weighted by Crippen LogP contribution is 2.22. The van der Waals surface area contributed by atoms with Gasteiger partial charge in [-0.2, -0.15) is 0 Å². The summed E-state index contributed by atoms with van der Waals surface area (Å²) >= 11 is 0. The topological polar surface area (TPSA) is 75.7 Å². The fourth-order valence-corrected chi connectivity index (χ4v) is 1.93. The summed E-state index contributed by atoms with van der Waals surface area (Å²) in [5.74, 6) is 0.771. The van der Waals surface area contributed by atoms with Crippen molar-refractivity contribution in [1.82, 2.24) is 0 Å². The summed E-state index contributed by atoms with van der Waals surface area (Å²) in [4.78, 5) is 0. The van der Waals surface area contributed by atoms with E-state index in [1.807, 2.05) is 31.2 Å². The van der Waals surface area contributed by atoms with Crippen molar-refractivity contribution in [3.63, 3.8) is 0 Å². The lowest BCUT2D eigenvalue weighted by Gasteiger charge is -2.26. The van der Waals surface area contributed by atoms with Crippen LogP contribution < -0.4 is 10.5 Å². The minimum absolute atomic E-state index is 0.0704. The van der Waals surface area contributed by atoms with Crippen LogP contribution in [0.3, 0.4) is 0 Å². The molecule has 1 rings (SSSR count). The molecule has 102 valence electrons. The molecule has 0 saturated carbocycles. The number of aliphatic hydroxyl groups is 2. The summed E-state index contributed by atoms with van der Waals surface area (Å²) in [6.45, 7) is 3.75. The maximum absolute atomic E-state index is 9.13. The zero-order valence-electron chi connectivity index (χ0n) is 11.1. The van der Waals surface area contributed by atoms with Gasteiger partial charge in [0.15, 0.2) is 0 Å². The van der Waals surface area contributed by atoms with Gasteiger partial charge in [-0.1, -0.05) is 18.2 Å². The highest BCUT2D eigenvalue weighted by Gasteiger charge is 2.22. The van der Waals surface area contributed by atoms with Crippen molar-refractivity contribution < 1.29 is 14.9 Å². The molecule has 1 aromatic rings. The molecule has 1 aromatic carbocycles. The van der Waals surface area contributed by atoms with Gasteiger partial charge in [0.25, 0.3) is 0 Å². The summed E-state index contributed by atoms with van der Waals surface area (Å²) in [5, 5.41) is 18.1. The average Bonchev–Trinajstić information content (AvgIpc) is 2.31. The van der Waals surface area contributed by atoms with Crippen LogP contribution in [0.25, 0.3) is 0 Å². The fraction of sp³-hybridized carbons (Fsp3) is 0.571. The Morgan fingerprint density at radius 3 is 2.61 bits per heavy atom. The zero-order valence-corrected chi connectivity index (χ0v) is 11.1. The highest BCUT2D eigenvalue weighted by molar-refractivity contribution is 5.33. The molecule has 0 aromatic heterocycles. The smallest absolute Gasteiger partial charge is 0.122 e. The average molecular weight is 253 g/mol. The maximum Gasteiger partial charge on any atom is 0.122 e. The van der Waals surface area contributed by atoms with Gasteiger partial charge >= 0.3 is 0 Å². The summed E-state index contributed by atoms with van der Waals surface area (Å²) < 4.78 is 5.83. The third-order valence-corrected chi connectivity index (χ3v) is 2.80. The molecule has 2 unspecified atom stereocenters. The quantitative estimate of drug-likeness (QED) is 0.680. The third-order valence-electron chi connectivity index (χ3n) is 2.80. The predicted octanol–water partition coefficient (Wildman–Crippen LogP) is 1.09. The van der Waals surface area contributed by atoms with Crippen molar-refractivity contribution in [2.45, 2.75) is 38.3 Å². The van der Waals surface area contributed by atoms with Crippen LogP contribution in [0.2, 0.25) is 0 Å². The molecule has 0 aliphatic heterocycles. The second-order valence-corrected chi connectivity index (χ2v) is 5.03. The molecule has 2 atom stereocenters. The van der Waals surface area contributed by atoms with Gasteiger partial charge in [0.05, 0.1) is 12.7 Å². The number of benzene rings is 1. The minimum Gasteiger partial charge on any atom is -0.490 e. The van der Waals surface area contributed by atoms with Gasteiger partial charge in [0.2, 0.25) is 0 Å². The molecule has 0 spiro atoms. The second-order valence-electron chi connectivity index (χ2n) is 5.03. The van der Waals surface area contributed by atoms with Crippen LogP contribution >= 0.6 is 0 Å². The van der Waals surface area contributed by atoms with E-state index < -0.39 is 5.54 Å². The predicted molar refractivity (Wildman–Crippen MR) is 71.6 cm³/mol. The Morgan fingerprint density at radius 2 is 2.00 bits per heavy atom. The number of ether oxygens (including phenoxy) is 1. The first-order valence-electron chi connectivity index (χ1n) is 6.23. The molecule has 0 aliphatic carbocycles. The maximum atomic E-state index is 9.13. The van der Waals surface area contributed by atoms with Crippen LogP contribution in [0.4, 0.5) is 0 Å². The van der Waals surface area contributed by atoms with Crippen LogP contribution in [0.15, 0.2) is 24.3 Å². The molecule has 0 saturated heterocycles. The summed E-state index contributed by atoms with van der Waals surface area (Å²) in [7, 11) is 0. The lowest BCUT2D eigenvalue weighted by molar-refractivity contribution is 0.132. The number of nitrogens with two attached hydrogens (primary N) is 1. The van der Waals surface area contributed by atoms with Crippen molar-refractivity contribution in [3.05, 3.63) is 29.8 Å². The lowest BCUT2D eigenvalue weighted by atomic mass is 9.97. The standard InChI is InChI=1S/C14H23NO3/c1-11(9-14(2,15)10-17)18-13-6-4-3-5-12(13)7-8-16/h3-6,11,16-17H,7-10,15H2,1-2H3. The van der Waals surface area contributed by atoms with Crippen LogP contribution in [0.1, 0.15) is 25.8 Å². The van der Waals surface area contributed by atoms with E-state index in [9.17, 15) is 0 Å². The fourth-order valence-electron chi connectivity index (χ4n) is 1.93. The van der Waals surface area contributed by atoms with E-state index in [1.54, 1.807) is 6.92 Å². The first-order valence-corrected chi connectivity index (χ1v) is 6.23. The van der Waals surface area contributed by atoms with Gasteiger partial charge in [-0.05, 0) is 31.9 Å². The largest absolute Gasteiger partial charge is 0.490 e. The number of rotatable bonds is 7. The summed E-state index contributed by atoms with van der Waals surface area (Å²) in [6, 6.07) is 7.64. The van der Waals surface area contributed by atoms with Gasteiger partial charge in [-0.15, -0.1) is 0 Å². The Hall–Kier alpha value is -1.10. The zero-order chi connectivity index (χ0) is 13.6. The molecule has 0 aliphatic rings. The molecule has 4 heteroatoms. The van der Waals surface area contributed by atoms with Gasteiger partial charge in [0.1, 0.15) is 5.75 Å². The van der Waals surface area contributed by atoms with Crippen molar-refractivity contribution in [1.29, 1.82) is 0 Å². The van der Waals surface area contributed by atoms with Gasteiger partial charge in [0, 0.05) is 18.6 Å². The summed E-state index contributed by atoms with van der Waals surface area (Å²) in [6.07, 6.45) is 1.05. The van der Waals surface area contributed by atoms with E-state index >= 15 is 0 Å². The van der Waals surface area contributed by atoms with Crippen LogP contribution in [-0.4, -0.2) is 35.1 Å². The molecule has 0 radical (unpaired) electrons. The first kappa shape index (κ1) is 15.0. The monoisotopic (exact) mass is 253 g/mol. The molecular formula is C14H23NO3. The van der Waals surface area contributed by atoms with E-state index in [1.165, 1.54) is 0 Å². The Morgan fingerprint density at radius 1 is 1.33 bits per heavy atom. The van der Waals surface area contributed by atoms with Gasteiger partial charge < -0.3 is 20.7 Å². The lowest BCUT2D eigenvalue weighted by Crippen LogP contribution is -2.43. The highest BCUT2D eigenvalue weighted by atomic mass is 16.5. The first-order chi connectivity index (χ1) is 8.48. The van der Waals surface area contributed by atoms with E-state index in [0.29, 0.717) is 12.8 Å². The molecular weight excluding hydrogens is 230 g/mol. The second kappa shape index (κ2) is 6.73. The Balaban J connectivity index is 2.66. The van der Waals surface area contributed by atoms with Crippen LogP contribution in [0, 0.1) is 0 Å². The molecule has 0 heterocycles. The van der Waals surface area contributed by atoms with Crippen molar-refractivity contribution in [2.75, 3.05) is 13.2 Å². The van der Waals surface area contributed by atoms with E-state index in [4.69, 9.17) is 20.7 Å². The number of hydrogen-bond acceptors (Lipinski definition) is 4. The SMILES string of the molecule is CC(CC(C)(N)CO)Oc1ccccc1CCO. The molecule has 18 heavy (non-hydrogen) atoms. The van der Waals surface area contributed by atoms with Gasteiger partial charge in [-0.3, -0.25) is 0 Å². The van der Waals surface area contributed by atoms with Crippen molar-refractivity contribution >= 4 is 0 Å². The molecule has 0 fully saturated rings. The summed E-state index contributed by atoms with van der Waals surface area (Å²) in [5.41, 5.74) is 6.24. The number of hydrogen-bond donors (Lipinski definition) is 3.